The Balaban J connectivity index is 1.77. The van der Waals surface area contributed by atoms with Crippen LogP contribution in [0.4, 0.5) is 5.69 Å². The SMILES string of the molecule is Cc1cc(C)c2c(N)c(C(=O)NCCC3CCC3)sc2n1. The lowest BCUT2D eigenvalue weighted by Gasteiger charge is -2.25. The molecule has 5 heteroatoms. The summed E-state index contributed by atoms with van der Waals surface area (Å²) in [4.78, 5) is 18.3. The van der Waals surface area contributed by atoms with Crippen LogP contribution < -0.4 is 11.1 Å². The highest BCUT2D eigenvalue weighted by atomic mass is 32.1. The summed E-state index contributed by atoms with van der Waals surface area (Å²) in [6.45, 7) is 4.71. The predicted molar refractivity (Wildman–Crippen MR) is 87.8 cm³/mol. The molecule has 2 aromatic rings. The minimum absolute atomic E-state index is 0.0631. The molecule has 0 radical (unpaired) electrons. The van der Waals surface area contributed by atoms with E-state index in [1.54, 1.807) is 0 Å². The number of anilines is 1. The molecule has 0 bridgehead atoms. The van der Waals surface area contributed by atoms with Gasteiger partial charge in [0.25, 0.3) is 5.91 Å². The van der Waals surface area contributed by atoms with Gasteiger partial charge in [-0.15, -0.1) is 11.3 Å². The highest BCUT2D eigenvalue weighted by Gasteiger charge is 2.20. The number of carbonyl (C=O) groups is 1. The lowest BCUT2D eigenvalue weighted by atomic mass is 9.83. The van der Waals surface area contributed by atoms with Crippen LogP contribution in [0.5, 0.6) is 0 Å². The Morgan fingerprint density at radius 3 is 2.90 bits per heavy atom. The van der Waals surface area contributed by atoms with Crippen molar-refractivity contribution >= 4 is 33.1 Å². The van der Waals surface area contributed by atoms with Crippen LogP contribution in [0.25, 0.3) is 10.2 Å². The van der Waals surface area contributed by atoms with Crippen LogP contribution in [-0.2, 0) is 0 Å². The first-order valence-electron chi connectivity index (χ1n) is 7.50. The fourth-order valence-corrected chi connectivity index (χ4v) is 4.02. The molecule has 1 amide bonds. The van der Waals surface area contributed by atoms with Crippen LogP contribution >= 0.6 is 11.3 Å². The first kappa shape index (κ1) is 14.3. The Labute approximate surface area is 128 Å². The average Bonchev–Trinajstić information content (AvgIpc) is 2.69. The highest BCUT2D eigenvalue weighted by Crippen LogP contribution is 2.35. The smallest absolute Gasteiger partial charge is 0.263 e. The third-order valence-electron chi connectivity index (χ3n) is 4.29. The lowest BCUT2D eigenvalue weighted by molar-refractivity contribution is 0.0954. The second kappa shape index (κ2) is 5.64. The largest absolute Gasteiger partial charge is 0.397 e. The lowest BCUT2D eigenvalue weighted by Crippen LogP contribution is -2.27. The standard InChI is InChI=1S/C16H21N3OS/c1-9-8-10(2)19-16-12(9)13(17)14(21-16)15(20)18-7-6-11-4-3-5-11/h8,11H,3-7,17H2,1-2H3,(H,18,20). The summed E-state index contributed by atoms with van der Waals surface area (Å²) >= 11 is 1.39. The Kier molecular flexibility index (Phi) is 3.85. The number of rotatable bonds is 4. The molecule has 1 aliphatic carbocycles. The Morgan fingerprint density at radius 2 is 2.24 bits per heavy atom. The van der Waals surface area contributed by atoms with Gasteiger partial charge in [-0.1, -0.05) is 19.3 Å². The minimum atomic E-state index is -0.0631. The number of aryl methyl sites for hydroxylation is 2. The molecule has 0 saturated heterocycles. The van der Waals surface area contributed by atoms with E-state index in [1.807, 2.05) is 19.9 Å². The second-order valence-corrected chi connectivity index (χ2v) is 6.95. The van der Waals surface area contributed by atoms with E-state index in [0.29, 0.717) is 10.6 Å². The quantitative estimate of drug-likeness (QED) is 0.909. The molecule has 0 aliphatic heterocycles. The Bertz CT molecular complexity index is 688. The number of nitrogens with one attached hydrogen (secondary N) is 1. The number of thiophene rings is 1. The van der Waals surface area contributed by atoms with Gasteiger partial charge in [0.15, 0.2) is 0 Å². The van der Waals surface area contributed by atoms with Gasteiger partial charge in [0.1, 0.15) is 9.71 Å². The molecule has 2 aromatic heterocycles. The molecule has 4 nitrogen and oxygen atoms in total. The molecular weight excluding hydrogens is 282 g/mol. The van der Waals surface area contributed by atoms with Crippen molar-refractivity contribution in [1.29, 1.82) is 0 Å². The van der Waals surface area contributed by atoms with Crippen LogP contribution in [-0.4, -0.2) is 17.4 Å². The number of nitrogens with two attached hydrogens (primary N) is 1. The summed E-state index contributed by atoms with van der Waals surface area (Å²) < 4.78 is 0. The molecule has 0 spiro atoms. The first-order chi connectivity index (χ1) is 10.1. The van der Waals surface area contributed by atoms with Crippen molar-refractivity contribution < 1.29 is 4.79 Å². The first-order valence-corrected chi connectivity index (χ1v) is 8.32. The summed E-state index contributed by atoms with van der Waals surface area (Å²) in [5.41, 5.74) is 8.78. The maximum atomic E-state index is 12.3. The number of fused-ring (bicyclic) bond motifs is 1. The normalized spacial score (nSPS) is 15.1. The van der Waals surface area contributed by atoms with Gasteiger partial charge in [-0.25, -0.2) is 4.98 Å². The van der Waals surface area contributed by atoms with Crippen molar-refractivity contribution in [3.63, 3.8) is 0 Å². The molecule has 112 valence electrons. The van der Waals surface area contributed by atoms with Crippen LogP contribution in [0.1, 0.15) is 46.6 Å². The zero-order valence-electron chi connectivity index (χ0n) is 12.5. The summed E-state index contributed by atoms with van der Waals surface area (Å²) in [5, 5.41) is 3.92. The summed E-state index contributed by atoms with van der Waals surface area (Å²) in [6.07, 6.45) is 5.03. The van der Waals surface area contributed by atoms with Crippen molar-refractivity contribution in [1.82, 2.24) is 10.3 Å². The van der Waals surface area contributed by atoms with E-state index in [-0.39, 0.29) is 5.91 Å². The molecule has 1 fully saturated rings. The maximum absolute atomic E-state index is 12.3. The minimum Gasteiger partial charge on any atom is -0.397 e. The zero-order valence-corrected chi connectivity index (χ0v) is 13.3. The van der Waals surface area contributed by atoms with Gasteiger partial charge in [0.05, 0.1) is 5.69 Å². The van der Waals surface area contributed by atoms with Crippen molar-refractivity contribution in [2.45, 2.75) is 39.5 Å². The van der Waals surface area contributed by atoms with E-state index >= 15 is 0 Å². The van der Waals surface area contributed by atoms with Crippen molar-refractivity contribution in [2.75, 3.05) is 12.3 Å². The van der Waals surface area contributed by atoms with Gasteiger partial charge >= 0.3 is 0 Å². The number of nitrogens with zero attached hydrogens (tertiary/aromatic N) is 1. The molecule has 1 saturated carbocycles. The Morgan fingerprint density at radius 1 is 1.48 bits per heavy atom. The third-order valence-corrected chi connectivity index (χ3v) is 5.39. The molecule has 21 heavy (non-hydrogen) atoms. The summed E-state index contributed by atoms with van der Waals surface area (Å²) in [6, 6.07) is 2.00. The van der Waals surface area contributed by atoms with E-state index in [0.717, 1.165) is 40.4 Å². The van der Waals surface area contributed by atoms with Gasteiger partial charge in [0.2, 0.25) is 0 Å². The maximum Gasteiger partial charge on any atom is 0.263 e. The van der Waals surface area contributed by atoms with Crippen LogP contribution in [0, 0.1) is 19.8 Å². The van der Waals surface area contributed by atoms with Gasteiger partial charge in [0, 0.05) is 17.6 Å². The molecule has 3 N–H and O–H groups in total. The number of nitrogen functional groups attached to an aromatic ring is 1. The van der Waals surface area contributed by atoms with Gasteiger partial charge in [-0.3, -0.25) is 4.79 Å². The van der Waals surface area contributed by atoms with Crippen molar-refractivity contribution in [3.05, 3.63) is 22.2 Å². The van der Waals surface area contributed by atoms with E-state index < -0.39 is 0 Å². The Hall–Kier alpha value is -1.62. The molecular formula is C16H21N3OS. The van der Waals surface area contributed by atoms with Crippen LogP contribution in [0.15, 0.2) is 6.07 Å². The van der Waals surface area contributed by atoms with E-state index in [1.165, 1.54) is 30.6 Å². The van der Waals surface area contributed by atoms with Crippen molar-refractivity contribution in [2.24, 2.45) is 5.92 Å². The number of hydrogen-bond donors (Lipinski definition) is 2. The van der Waals surface area contributed by atoms with E-state index in [2.05, 4.69) is 10.3 Å². The molecule has 2 heterocycles. The topological polar surface area (TPSA) is 68.0 Å². The fraction of sp³-hybridized carbons (Fsp3) is 0.500. The van der Waals surface area contributed by atoms with Crippen molar-refractivity contribution in [3.8, 4) is 0 Å². The van der Waals surface area contributed by atoms with Gasteiger partial charge < -0.3 is 11.1 Å². The van der Waals surface area contributed by atoms with Crippen LogP contribution in [0.2, 0.25) is 0 Å². The monoisotopic (exact) mass is 303 g/mol. The number of hydrogen-bond acceptors (Lipinski definition) is 4. The highest BCUT2D eigenvalue weighted by molar-refractivity contribution is 7.21. The number of pyridine rings is 1. The molecule has 0 unspecified atom stereocenters. The van der Waals surface area contributed by atoms with Gasteiger partial charge in [-0.05, 0) is 37.8 Å². The van der Waals surface area contributed by atoms with Gasteiger partial charge in [-0.2, -0.15) is 0 Å². The number of aromatic nitrogens is 1. The van der Waals surface area contributed by atoms with E-state index in [4.69, 9.17) is 5.73 Å². The summed E-state index contributed by atoms with van der Waals surface area (Å²) in [5.74, 6) is 0.739. The molecule has 0 aromatic carbocycles. The summed E-state index contributed by atoms with van der Waals surface area (Å²) in [7, 11) is 0. The third kappa shape index (κ3) is 2.75. The average molecular weight is 303 g/mol. The fourth-order valence-electron chi connectivity index (χ4n) is 2.89. The molecule has 3 rings (SSSR count). The molecule has 1 aliphatic rings. The number of carbonyl (C=O) groups excluding carboxylic acids is 1. The van der Waals surface area contributed by atoms with E-state index in [9.17, 15) is 4.79 Å². The number of amides is 1. The molecule has 0 atom stereocenters. The zero-order chi connectivity index (χ0) is 15.0. The van der Waals surface area contributed by atoms with Crippen LogP contribution in [0.3, 0.4) is 0 Å². The predicted octanol–water partition coefficient (Wildman–Crippen LogP) is 3.42. The second-order valence-electron chi connectivity index (χ2n) is 5.95.